The van der Waals surface area contributed by atoms with E-state index >= 15 is 0 Å². The van der Waals surface area contributed by atoms with Crippen LogP contribution in [0.4, 0.5) is 8.78 Å². The predicted molar refractivity (Wildman–Crippen MR) is 180 cm³/mol. The van der Waals surface area contributed by atoms with Crippen LogP contribution in [0.15, 0.2) is 88.8 Å². The molecule has 0 spiro atoms. The summed E-state index contributed by atoms with van der Waals surface area (Å²) in [6.45, 7) is 12.0. The molecule has 0 bridgehead atoms. The van der Waals surface area contributed by atoms with Gasteiger partial charge in [-0.3, -0.25) is 9.52 Å². The number of carbonyl (C=O) groups is 1. The van der Waals surface area contributed by atoms with Gasteiger partial charge >= 0.3 is 0 Å². The van der Waals surface area contributed by atoms with Crippen molar-refractivity contribution in [1.29, 1.82) is 0 Å². The molecule has 0 heterocycles. The number of allylic oxidation sites excluding steroid dienone is 8. The van der Waals surface area contributed by atoms with Crippen molar-refractivity contribution in [1.82, 2.24) is 4.72 Å². The van der Waals surface area contributed by atoms with Crippen molar-refractivity contribution in [2.75, 3.05) is 92.4 Å². The highest BCUT2D eigenvalue weighted by atomic mass is 32.2. The number of aliphatic imine (C=N–C) groups is 1. The minimum Gasteiger partial charge on any atom is -0.462 e. The molecular formula is C31H49F2N5O8S. The molecule has 266 valence electrons. The fourth-order valence-electron chi connectivity index (χ4n) is 2.88. The molecule has 0 unspecified atom stereocenters. The Labute approximate surface area is 280 Å². The largest absolute Gasteiger partial charge is 0.462 e. The van der Waals surface area contributed by atoms with Crippen LogP contribution in [0.2, 0.25) is 0 Å². The van der Waals surface area contributed by atoms with Crippen LogP contribution in [0, 0.1) is 0 Å². The SMILES string of the molecule is C=C/C(=C\C=C\SNCCOCCOCCOCCOCCOCCOCCN)O/C=C(F)/C=C(\C=C\F)/C=C(\C)C(=O)N=C(N)N. The lowest BCUT2D eigenvalue weighted by molar-refractivity contribution is -0.114. The molecule has 0 radical (unpaired) electrons. The smallest absolute Gasteiger partial charge is 0.275 e. The van der Waals surface area contributed by atoms with Crippen molar-refractivity contribution in [2.24, 2.45) is 22.2 Å². The molecule has 47 heavy (non-hydrogen) atoms. The number of halogens is 2. The molecule has 1 amide bonds. The molecule has 0 aromatic carbocycles. The highest BCUT2D eigenvalue weighted by Gasteiger charge is 2.04. The molecule has 0 aliphatic heterocycles. The number of hydrogen-bond acceptors (Lipinski definition) is 11. The van der Waals surface area contributed by atoms with E-state index in [9.17, 15) is 13.6 Å². The summed E-state index contributed by atoms with van der Waals surface area (Å²) in [7, 11) is 0. The van der Waals surface area contributed by atoms with Gasteiger partial charge in [-0.25, -0.2) is 8.78 Å². The third-order valence-corrected chi connectivity index (χ3v) is 5.65. The van der Waals surface area contributed by atoms with Crippen molar-refractivity contribution in [3.05, 3.63) is 83.8 Å². The molecule has 0 aliphatic rings. The number of carbonyl (C=O) groups excluding carboxylic acids is 1. The topological polar surface area (TPSA) is 184 Å². The summed E-state index contributed by atoms with van der Waals surface area (Å²) in [5.74, 6) is -1.76. The van der Waals surface area contributed by atoms with Gasteiger partial charge in [-0.1, -0.05) is 24.6 Å². The fraction of sp³-hybridized carbons (Fsp3) is 0.484. The van der Waals surface area contributed by atoms with Crippen LogP contribution >= 0.6 is 11.9 Å². The van der Waals surface area contributed by atoms with Crippen LogP contribution in [0.3, 0.4) is 0 Å². The molecule has 0 saturated heterocycles. The van der Waals surface area contributed by atoms with Crippen LogP contribution in [0.1, 0.15) is 6.92 Å². The van der Waals surface area contributed by atoms with Crippen LogP contribution in [0.5, 0.6) is 0 Å². The maximum Gasteiger partial charge on any atom is 0.275 e. The lowest BCUT2D eigenvalue weighted by Crippen LogP contribution is -2.24. The highest BCUT2D eigenvalue weighted by molar-refractivity contribution is 8.00. The van der Waals surface area contributed by atoms with Crippen molar-refractivity contribution in [3.8, 4) is 0 Å². The Morgan fingerprint density at radius 2 is 1.40 bits per heavy atom. The van der Waals surface area contributed by atoms with Crippen LogP contribution < -0.4 is 21.9 Å². The van der Waals surface area contributed by atoms with Gasteiger partial charge in [0.1, 0.15) is 12.0 Å². The number of nitrogens with two attached hydrogens (primary N) is 3. The van der Waals surface area contributed by atoms with Gasteiger partial charge in [0.15, 0.2) is 11.8 Å². The molecule has 0 aromatic rings. The van der Waals surface area contributed by atoms with Gasteiger partial charge in [0, 0.05) is 18.7 Å². The van der Waals surface area contributed by atoms with E-state index in [2.05, 4.69) is 16.3 Å². The zero-order chi connectivity index (χ0) is 34.8. The summed E-state index contributed by atoms with van der Waals surface area (Å²) in [6, 6.07) is 0. The van der Waals surface area contributed by atoms with Gasteiger partial charge in [-0.05, 0) is 48.3 Å². The summed E-state index contributed by atoms with van der Waals surface area (Å²) in [5.41, 5.74) is 15.8. The second-order valence-electron chi connectivity index (χ2n) is 8.80. The van der Waals surface area contributed by atoms with Crippen LogP contribution in [-0.4, -0.2) is 104 Å². The molecule has 0 saturated carbocycles. The second kappa shape index (κ2) is 32.7. The summed E-state index contributed by atoms with van der Waals surface area (Å²) in [6.07, 6.45) is 8.77. The first-order chi connectivity index (χ1) is 22.8. The molecule has 0 rings (SSSR count). The Bertz CT molecular complexity index is 1060. The third-order valence-electron chi connectivity index (χ3n) is 4.98. The number of amides is 1. The van der Waals surface area contributed by atoms with E-state index < -0.39 is 17.7 Å². The van der Waals surface area contributed by atoms with E-state index in [1.54, 1.807) is 17.6 Å². The van der Waals surface area contributed by atoms with Gasteiger partial charge in [0.2, 0.25) is 0 Å². The minimum atomic E-state index is -0.844. The van der Waals surface area contributed by atoms with E-state index in [1.807, 2.05) is 0 Å². The number of rotatable bonds is 30. The summed E-state index contributed by atoms with van der Waals surface area (Å²) >= 11 is 1.33. The normalized spacial score (nSPS) is 13.1. The van der Waals surface area contributed by atoms with E-state index in [1.165, 1.54) is 31.0 Å². The Morgan fingerprint density at radius 3 is 1.89 bits per heavy atom. The first-order valence-corrected chi connectivity index (χ1v) is 15.6. The minimum absolute atomic E-state index is 0.0344. The van der Waals surface area contributed by atoms with E-state index in [0.717, 1.165) is 18.4 Å². The predicted octanol–water partition coefficient (Wildman–Crippen LogP) is 2.85. The maximum absolute atomic E-state index is 14.3. The molecule has 13 nitrogen and oxygen atoms in total. The second-order valence-corrected chi connectivity index (χ2v) is 9.60. The Kier molecular flexibility index (Phi) is 30.5. The monoisotopic (exact) mass is 689 g/mol. The van der Waals surface area contributed by atoms with Crippen molar-refractivity contribution >= 4 is 23.8 Å². The molecule has 0 atom stereocenters. The first-order valence-electron chi connectivity index (χ1n) is 14.7. The quantitative estimate of drug-likeness (QED) is 0.0164. The molecular weight excluding hydrogens is 640 g/mol. The zero-order valence-electron chi connectivity index (χ0n) is 26.9. The van der Waals surface area contributed by atoms with Crippen molar-refractivity contribution < 1.29 is 46.7 Å². The number of nitrogens with zero attached hydrogens (tertiary/aromatic N) is 1. The molecule has 16 heteroatoms. The van der Waals surface area contributed by atoms with Gasteiger partial charge < -0.3 is 50.4 Å². The Morgan fingerprint density at radius 1 is 0.872 bits per heavy atom. The van der Waals surface area contributed by atoms with Crippen LogP contribution in [0.25, 0.3) is 0 Å². The molecule has 0 fully saturated rings. The Hall–Kier alpha value is -3.19. The number of ether oxygens (including phenoxy) is 7. The van der Waals surface area contributed by atoms with Gasteiger partial charge in [0.25, 0.3) is 5.91 Å². The molecule has 0 aliphatic carbocycles. The van der Waals surface area contributed by atoms with E-state index in [4.69, 9.17) is 50.4 Å². The fourth-order valence-corrected chi connectivity index (χ4v) is 3.33. The average molecular weight is 690 g/mol. The number of nitrogens with one attached hydrogen (secondary N) is 1. The summed E-state index contributed by atoms with van der Waals surface area (Å²) in [4.78, 5) is 15.2. The number of hydrogen-bond donors (Lipinski definition) is 4. The summed E-state index contributed by atoms with van der Waals surface area (Å²) < 4.78 is 67.8. The standard InChI is InChI=1S/C31H49F2N5O8S/c1-3-29(46-25-28(33)24-27(6-7-32)23-26(2)30(39)38-31(35)36)5-4-22-47-37-9-11-41-13-15-43-17-19-45-21-20-44-18-16-42-14-12-40-10-8-34/h3-7,22-25,37H,1,8-21,34H2,2H3,(H4,35,36,38,39)/b7-6+,22-4+,26-23+,27-24+,28-25-,29-5+. The van der Waals surface area contributed by atoms with Crippen molar-refractivity contribution in [2.45, 2.75) is 6.92 Å². The average Bonchev–Trinajstić information content (AvgIpc) is 3.04. The van der Waals surface area contributed by atoms with Crippen LogP contribution in [-0.2, 0) is 38.0 Å². The highest BCUT2D eigenvalue weighted by Crippen LogP contribution is 2.13. The summed E-state index contributed by atoms with van der Waals surface area (Å²) in [5, 5.41) is 1.75. The van der Waals surface area contributed by atoms with Crippen molar-refractivity contribution in [3.63, 3.8) is 0 Å². The lowest BCUT2D eigenvalue weighted by atomic mass is 10.1. The number of guanidine groups is 1. The zero-order valence-corrected chi connectivity index (χ0v) is 27.7. The van der Waals surface area contributed by atoms with E-state index in [0.29, 0.717) is 92.4 Å². The Balaban J connectivity index is 4.00. The van der Waals surface area contributed by atoms with Gasteiger partial charge in [-0.15, -0.1) is 0 Å². The maximum atomic E-state index is 14.3. The first kappa shape index (κ1) is 43.8. The lowest BCUT2D eigenvalue weighted by Gasteiger charge is -2.08. The third kappa shape index (κ3) is 29.9. The van der Waals surface area contributed by atoms with Gasteiger partial charge in [-0.2, -0.15) is 4.99 Å². The van der Waals surface area contributed by atoms with Gasteiger partial charge in [0.05, 0.1) is 85.6 Å². The van der Waals surface area contributed by atoms with E-state index in [-0.39, 0.29) is 23.2 Å². The molecule has 0 aromatic heterocycles. The molecule has 7 N–H and O–H groups in total.